The summed E-state index contributed by atoms with van der Waals surface area (Å²) in [5.41, 5.74) is 1.76. The minimum atomic E-state index is -0.0338. The average molecular weight is 349 g/mol. The molecule has 0 saturated carbocycles. The van der Waals surface area contributed by atoms with E-state index in [4.69, 9.17) is 0 Å². The van der Waals surface area contributed by atoms with Gasteiger partial charge < -0.3 is 5.32 Å². The van der Waals surface area contributed by atoms with Gasteiger partial charge in [-0.2, -0.15) is 0 Å². The average Bonchev–Trinajstić information content (AvgIpc) is 2.29. The van der Waals surface area contributed by atoms with Crippen LogP contribution in [0.25, 0.3) is 0 Å². The predicted octanol–water partition coefficient (Wildman–Crippen LogP) is 3.66. The molecule has 0 aromatic heterocycles. The van der Waals surface area contributed by atoms with E-state index in [0.717, 1.165) is 16.5 Å². The maximum Gasteiger partial charge on any atom is 0.252 e. The van der Waals surface area contributed by atoms with Gasteiger partial charge >= 0.3 is 0 Å². The van der Waals surface area contributed by atoms with Crippen molar-refractivity contribution in [2.45, 2.75) is 25.1 Å². The van der Waals surface area contributed by atoms with Crippen LogP contribution in [0.2, 0.25) is 0 Å². The number of hydrogen-bond acceptors (Lipinski definition) is 1. The summed E-state index contributed by atoms with van der Waals surface area (Å²) < 4.78 is 0.870. The van der Waals surface area contributed by atoms with Crippen molar-refractivity contribution in [3.63, 3.8) is 0 Å². The second-order valence-corrected chi connectivity index (χ2v) is 5.74. The normalized spacial score (nSPS) is 12.2. The van der Waals surface area contributed by atoms with Gasteiger partial charge in [0.05, 0.1) is 5.56 Å². The molecular formula is C12H15Br2NO. The summed E-state index contributed by atoms with van der Waals surface area (Å²) in [6.07, 6.45) is 0.995. The first-order valence-electron chi connectivity index (χ1n) is 5.23. The summed E-state index contributed by atoms with van der Waals surface area (Å²) >= 11 is 6.92. The van der Waals surface area contributed by atoms with Gasteiger partial charge in [-0.25, -0.2) is 0 Å². The van der Waals surface area contributed by atoms with E-state index in [0.29, 0.717) is 16.9 Å². The van der Waals surface area contributed by atoms with Crippen LogP contribution in [0, 0.1) is 6.92 Å². The smallest absolute Gasteiger partial charge is 0.252 e. The number of amides is 1. The first-order valence-corrected chi connectivity index (χ1v) is 6.94. The molecule has 1 atom stereocenters. The number of rotatable bonds is 4. The zero-order valence-corrected chi connectivity index (χ0v) is 12.6. The Kier molecular flexibility index (Phi) is 5.49. The summed E-state index contributed by atoms with van der Waals surface area (Å²) in [6, 6.07) is 5.68. The van der Waals surface area contributed by atoms with E-state index in [9.17, 15) is 4.79 Å². The zero-order chi connectivity index (χ0) is 12.1. The summed E-state index contributed by atoms with van der Waals surface area (Å²) in [6.45, 7) is 4.70. The van der Waals surface area contributed by atoms with Gasteiger partial charge in [-0.05, 0) is 40.9 Å². The van der Waals surface area contributed by atoms with Gasteiger partial charge in [-0.3, -0.25) is 4.79 Å². The van der Waals surface area contributed by atoms with E-state index in [1.165, 1.54) is 0 Å². The fourth-order valence-electron chi connectivity index (χ4n) is 1.27. The van der Waals surface area contributed by atoms with Crippen molar-refractivity contribution in [3.05, 3.63) is 33.8 Å². The fraction of sp³-hybridized carbons (Fsp3) is 0.417. The molecule has 0 radical (unpaired) electrons. The highest BCUT2D eigenvalue weighted by Crippen LogP contribution is 2.20. The number of hydrogen-bond donors (Lipinski definition) is 1. The molecule has 0 aliphatic heterocycles. The highest BCUT2D eigenvalue weighted by atomic mass is 79.9. The van der Waals surface area contributed by atoms with E-state index in [1.807, 2.05) is 25.1 Å². The third-order valence-corrected chi connectivity index (χ3v) is 4.39. The first kappa shape index (κ1) is 13.7. The Balaban J connectivity index is 2.70. The van der Waals surface area contributed by atoms with E-state index in [2.05, 4.69) is 44.1 Å². The van der Waals surface area contributed by atoms with Crippen molar-refractivity contribution in [2.75, 3.05) is 6.54 Å². The second kappa shape index (κ2) is 6.40. The van der Waals surface area contributed by atoms with Crippen molar-refractivity contribution in [1.82, 2.24) is 5.32 Å². The van der Waals surface area contributed by atoms with Gasteiger partial charge in [0.25, 0.3) is 5.91 Å². The van der Waals surface area contributed by atoms with Gasteiger partial charge in [-0.1, -0.05) is 35.0 Å². The lowest BCUT2D eigenvalue weighted by molar-refractivity contribution is 0.0953. The van der Waals surface area contributed by atoms with Crippen LogP contribution in [-0.2, 0) is 0 Å². The van der Waals surface area contributed by atoms with Crippen LogP contribution in [0.1, 0.15) is 29.3 Å². The number of carbonyl (C=O) groups excluding carboxylic acids is 1. The Morgan fingerprint density at radius 3 is 2.81 bits per heavy atom. The quantitative estimate of drug-likeness (QED) is 0.826. The number of nitrogens with one attached hydrogen (secondary N) is 1. The minimum absolute atomic E-state index is 0.0338. The molecule has 1 aromatic rings. The Hall–Kier alpha value is -0.350. The number of benzene rings is 1. The largest absolute Gasteiger partial charge is 0.351 e. The lowest BCUT2D eigenvalue weighted by Crippen LogP contribution is -2.29. The van der Waals surface area contributed by atoms with Crippen LogP contribution < -0.4 is 5.32 Å². The molecule has 4 heteroatoms. The molecule has 0 aliphatic rings. The molecule has 0 aliphatic carbocycles. The highest BCUT2D eigenvalue weighted by Gasteiger charge is 2.11. The summed E-state index contributed by atoms with van der Waals surface area (Å²) in [7, 11) is 0. The molecule has 1 rings (SSSR count). The molecule has 0 spiro atoms. The molecule has 0 heterocycles. The molecule has 1 N–H and O–H groups in total. The van der Waals surface area contributed by atoms with E-state index >= 15 is 0 Å². The monoisotopic (exact) mass is 347 g/mol. The number of halogens is 2. The minimum Gasteiger partial charge on any atom is -0.351 e. The molecule has 0 fully saturated rings. The van der Waals surface area contributed by atoms with Gasteiger partial charge in [0.15, 0.2) is 0 Å². The molecule has 2 nitrogen and oxygen atoms in total. The summed E-state index contributed by atoms with van der Waals surface area (Å²) in [5.74, 6) is -0.0338. The van der Waals surface area contributed by atoms with E-state index in [1.54, 1.807) is 0 Å². The molecule has 1 amide bonds. The van der Waals surface area contributed by atoms with Crippen molar-refractivity contribution in [2.24, 2.45) is 0 Å². The third-order valence-electron chi connectivity index (χ3n) is 2.36. The van der Waals surface area contributed by atoms with Crippen molar-refractivity contribution < 1.29 is 4.79 Å². The molecular weight excluding hydrogens is 334 g/mol. The lowest BCUT2D eigenvalue weighted by Gasteiger charge is -2.10. The molecule has 0 bridgehead atoms. The molecule has 1 unspecified atom stereocenters. The van der Waals surface area contributed by atoms with Crippen molar-refractivity contribution in [3.8, 4) is 0 Å². The zero-order valence-electron chi connectivity index (χ0n) is 9.39. The van der Waals surface area contributed by atoms with Crippen LogP contribution in [0.15, 0.2) is 22.7 Å². The topological polar surface area (TPSA) is 29.1 Å². The Bertz CT molecular complexity index is 379. The van der Waals surface area contributed by atoms with Gasteiger partial charge in [0.2, 0.25) is 0 Å². The number of carbonyl (C=O) groups is 1. The SMILES string of the molecule is CCC(Br)CNC(=O)c1cccc(C)c1Br. The highest BCUT2D eigenvalue weighted by molar-refractivity contribution is 9.10. The van der Waals surface area contributed by atoms with E-state index < -0.39 is 0 Å². The van der Waals surface area contributed by atoms with Crippen LogP contribution >= 0.6 is 31.9 Å². The molecule has 0 saturated heterocycles. The Labute approximate surface area is 113 Å². The molecule has 1 aromatic carbocycles. The Morgan fingerprint density at radius 1 is 1.50 bits per heavy atom. The van der Waals surface area contributed by atoms with Crippen molar-refractivity contribution >= 4 is 37.8 Å². The second-order valence-electron chi connectivity index (χ2n) is 3.65. The third kappa shape index (κ3) is 3.59. The summed E-state index contributed by atoms with van der Waals surface area (Å²) in [5, 5.41) is 2.90. The van der Waals surface area contributed by atoms with Crippen LogP contribution in [-0.4, -0.2) is 17.3 Å². The summed E-state index contributed by atoms with van der Waals surface area (Å²) in [4.78, 5) is 12.2. The van der Waals surface area contributed by atoms with Crippen LogP contribution in [0.3, 0.4) is 0 Å². The first-order chi connectivity index (χ1) is 7.56. The Morgan fingerprint density at radius 2 is 2.19 bits per heavy atom. The maximum atomic E-state index is 11.9. The van der Waals surface area contributed by atoms with Gasteiger partial charge in [0.1, 0.15) is 0 Å². The van der Waals surface area contributed by atoms with Gasteiger partial charge in [-0.15, -0.1) is 0 Å². The fourth-order valence-corrected chi connectivity index (χ4v) is 1.87. The number of alkyl halides is 1. The van der Waals surface area contributed by atoms with Gasteiger partial charge in [0, 0.05) is 15.8 Å². The van der Waals surface area contributed by atoms with Crippen LogP contribution in [0.4, 0.5) is 0 Å². The molecule has 88 valence electrons. The van der Waals surface area contributed by atoms with Crippen LogP contribution in [0.5, 0.6) is 0 Å². The number of aryl methyl sites for hydroxylation is 1. The van der Waals surface area contributed by atoms with E-state index in [-0.39, 0.29) is 5.91 Å². The molecule has 16 heavy (non-hydrogen) atoms. The standard InChI is InChI=1S/C12H15Br2NO/c1-3-9(13)7-15-12(16)10-6-4-5-8(2)11(10)14/h4-6,9H,3,7H2,1-2H3,(H,15,16). The van der Waals surface area contributed by atoms with Crippen molar-refractivity contribution in [1.29, 1.82) is 0 Å². The predicted molar refractivity (Wildman–Crippen MR) is 74.2 cm³/mol. The lowest BCUT2D eigenvalue weighted by atomic mass is 10.1. The maximum absolute atomic E-state index is 11.9.